The predicted molar refractivity (Wildman–Crippen MR) is 253 cm³/mol. The van der Waals surface area contributed by atoms with Crippen LogP contribution in [0.4, 0.5) is 0 Å². The molecule has 0 bridgehead atoms. The second kappa shape index (κ2) is 12.8. The number of rotatable bonds is 4. The second-order valence-corrected chi connectivity index (χ2v) is 15.9. The molecule has 278 valence electrons. The maximum Gasteiger partial charge on any atom is 0.136 e. The summed E-state index contributed by atoms with van der Waals surface area (Å²) in [5, 5.41) is 14.4. The van der Waals surface area contributed by atoms with Gasteiger partial charge in [0, 0.05) is 21.5 Å². The molecule has 0 saturated carbocycles. The topological polar surface area (TPSA) is 26.3 Å². The van der Waals surface area contributed by atoms with Gasteiger partial charge in [-0.25, -0.2) is 0 Å². The quantitative estimate of drug-likeness (QED) is 0.167. The first-order chi connectivity index (χ1) is 29.7. The summed E-state index contributed by atoms with van der Waals surface area (Å²) < 4.78 is 13.0. The predicted octanol–water partition coefficient (Wildman–Crippen LogP) is 16.8. The van der Waals surface area contributed by atoms with E-state index in [1.165, 1.54) is 76.1 Å². The molecule has 0 atom stereocenters. The first kappa shape index (κ1) is 33.1. The third kappa shape index (κ3) is 4.95. The van der Waals surface area contributed by atoms with Crippen molar-refractivity contribution in [3.05, 3.63) is 206 Å². The molecule has 13 rings (SSSR count). The summed E-state index contributed by atoms with van der Waals surface area (Å²) in [6.07, 6.45) is 0. The summed E-state index contributed by atoms with van der Waals surface area (Å²) in [5.41, 5.74) is 13.0. The van der Waals surface area contributed by atoms with Crippen LogP contribution in [-0.2, 0) is 0 Å². The minimum atomic E-state index is 0.901. The molecule has 11 aromatic carbocycles. The molecule has 0 aliphatic carbocycles. The number of furan rings is 2. The highest BCUT2D eigenvalue weighted by molar-refractivity contribution is 6.23. The Hall–Kier alpha value is -7.94. The van der Waals surface area contributed by atoms with Crippen LogP contribution >= 0.6 is 0 Å². The van der Waals surface area contributed by atoms with E-state index >= 15 is 0 Å². The molecule has 2 heterocycles. The average molecular weight is 763 g/mol. The highest BCUT2D eigenvalue weighted by Gasteiger charge is 2.19. The lowest BCUT2D eigenvalue weighted by Crippen LogP contribution is -1.91. The van der Waals surface area contributed by atoms with Crippen molar-refractivity contribution in [2.45, 2.75) is 0 Å². The monoisotopic (exact) mass is 762 g/mol. The molecule has 13 aromatic rings. The van der Waals surface area contributed by atoms with Gasteiger partial charge < -0.3 is 8.83 Å². The zero-order chi connectivity index (χ0) is 39.3. The van der Waals surface area contributed by atoms with E-state index in [4.69, 9.17) is 8.83 Å². The van der Waals surface area contributed by atoms with Crippen molar-refractivity contribution in [3.8, 4) is 44.5 Å². The Bertz CT molecular complexity index is 3590. The van der Waals surface area contributed by atoms with Crippen LogP contribution in [0.15, 0.2) is 215 Å². The first-order valence-electron chi connectivity index (χ1n) is 20.6. The molecule has 0 N–H and O–H groups in total. The Morgan fingerprint density at radius 2 is 0.583 bits per heavy atom. The van der Waals surface area contributed by atoms with E-state index in [1.807, 2.05) is 0 Å². The van der Waals surface area contributed by atoms with Crippen LogP contribution in [0.1, 0.15) is 0 Å². The van der Waals surface area contributed by atoms with Crippen molar-refractivity contribution in [2.75, 3.05) is 0 Å². The van der Waals surface area contributed by atoms with Gasteiger partial charge in [0.25, 0.3) is 0 Å². The molecule has 0 radical (unpaired) electrons. The van der Waals surface area contributed by atoms with Gasteiger partial charge >= 0.3 is 0 Å². The lowest BCUT2D eigenvalue weighted by molar-refractivity contribution is 0.669. The van der Waals surface area contributed by atoms with Gasteiger partial charge in [0.15, 0.2) is 0 Å². The van der Waals surface area contributed by atoms with Crippen molar-refractivity contribution in [1.29, 1.82) is 0 Å². The molecule has 0 aliphatic rings. The fourth-order valence-electron chi connectivity index (χ4n) is 9.91. The summed E-state index contributed by atoms with van der Waals surface area (Å²) >= 11 is 0. The minimum Gasteiger partial charge on any atom is -0.456 e. The first-order valence-corrected chi connectivity index (χ1v) is 20.6. The maximum atomic E-state index is 6.49. The molecule has 0 spiro atoms. The van der Waals surface area contributed by atoms with Crippen molar-refractivity contribution in [3.63, 3.8) is 0 Å². The van der Waals surface area contributed by atoms with E-state index in [0.29, 0.717) is 0 Å². The van der Waals surface area contributed by atoms with Crippen LogP contribution in [0.5, 0.6) is 0 Å². The van der Waals surface area contributed by atoms with Gasteiger partial charge in [0.2, 0.25) is 0 Å². The minimum absolute atomic E-state index is 0.901. The normalized spacial score (nSPS) is 12.0. The molecule has 0 fully saturated rings. The Morgan fingerprint density at radius 3 is 1.02 bits per heavy atom. The van der Waals surface area contributed by atoms with Crippen LogP contribution in [0.25, 0.3) is 131 Å². The van der Waals surface area contributed by atoms with Gasteiger partial charge in [-0.2, -0.15) is 0 Å². The molecule has 0 saturated heterocycles. The fourth-order valence-corrected chi connectivity index (χ4v) is 9.91. The van der Waals surface area contributed by atoms with Crippen LogP contribution in [0.2, 0.25) is 0 Å². The van der Waals surface area contributed by atoms with Crippen molar-refractivity contribution < 1.29 is 8.83 Å². The average Bonchev–Trinajstić information content (AvgIpc) is 3.89. The molecule has 2 nitrogen and oxygen atoms in total. The van der Waals surface area contributed by atoms with E-state index in [-0.39, 0.29) is 0 Å². The number of fused-ring (bicyclic) bond motifs is 12. The van der Waals surface area contributed by atoms with E-state index in [2.05, 4.69) is 206 Å². The highest BCUT2D eigenvalue weighted by atomic mass is 16.3. The lowest BCUT2D eigenvalue weighted by Gasteiger charge is -2.18. The van der Waals surface area contributed by atoms with Gasteiger partial charge in [-0.05, 0) is 136 Å². The van der Waals surface area contributed by atoms with Crippen LogP contribution in [0, 0.1) is 0 Å². The van der Waals surface area contributed by atoms with Crippen LogP contribution in [-0.4, -0.2) is 0 Å². The zero-order valence-corrected chi connectivity index (χ0v) is 32.4. The van der Waals surface area contributed by atoms with Crippen molar-refractivity contribution >= 4 is 87.0 Å². The molecule has 0 aliphatic heterocycles. The van der Waals surface area contributed by atoms with E-state index < -0.39 is 0 Å². The molecule has 60 heavy (non-hydrogen) atoms. The lowest BCUT2D eigenvalue weighted by atomic mass is 9.85. The Labute approximate surface area is 345 Å². The number of hydrogen-bond donors (Lipinski definition) is 0. The van der Waals surface area contributed by atoms with Gasteiger partial charge in [0.05, 0.1) is 0 Å². The van der Waals surface area contributed by atoms with Crippen molar-refractivity contribution in [1.82, 2.24) is 0 Å². The summed E-state index contributed by atoms with van der Waals surface area (Å²) in [5.74, 6) is 0. The van der Waals surface area contributed by atoms with E-state index in [0.717, 1.165) is 55.4 Å². The zero-order valence-electron chi connectivity index (χ0n) is 32.4. The van der Waals surface area contributed by atoms with Gasteiger partial charge in [-0.15, -0.1) is 0 Å². The summed E-state index contributed by atoms with van der Waals surface area (Å²) in [7, 11) is 0. The Morgan fingerprint density at radius 1 is 0.217 bits per heavy atom. The SMILES string of the molecule is c1cc(-c2ccc3c(c2)oc2ccc4ccccc4c23)cc(-c2c3ccccc3c(-c3cccc(-c4ccc5c(c4)oc4ccc6ccccc6c45)c3)c3ccccc23)c1. The van der Waals surface area contributed by atoms with Gasteiger partial charge in [-0.3, -0.25) is 0 Å². The van der Waals surface area contributed by atoms with Gasteiger partial charge in [-0.1, -0.05) is 158 Å². The number of benzene rings is 11. The van der Waals surface area contributed by atoms with Crippen LogP contribution < -0.4 is 0 Å². The largest absolute Gasteiger partial charge is 0.456 e. The summed E-state index contributed by atoms with van der Waals surface area (Å²) in [6, 6.07) is 74.6. The second-order valence-electron chi connectivity index (χ2n) is 15.9. The third-order valence-corrected chi connectivity index (χ3v) is 12.6. The van der Waals surface area contributed by atoms with Crippen molar-refractivity contribution in [2.24, 2.45) is 0 Å². The van der Waals surface area contributed by atoms with Crippen LogP contribution in [0.3, 0.4) is 0 Å². The molecular formula is C58H34O2. The number of hydrogen-bond acceptors (Lipinski definition) is 2. The molecule has 2 heteroatoms. The van der Waals surface area contributed by atoms with E-state index in [9.17, 15) is 0 Å². The smallest absolute Gasteiger partial charge is 0.136 e. The Balaban J connectivity index is 0.942. The Kier molecular flexibility index (Phi) is 7.05. The summed E-state index contributed by atoms with van der Waals surface area (Å²) in [6.45, 7) is 0. The highest BCUT2D eigenvalue weighted by Crippen LogP contribution is 2.46. The van der Waals surface area contributed by atoms with Gasteiger partial charge in [0.1, 0.15) is 22.3 Å². The maximum absolute atomic E-state index is 6.49. The molecule has 0 unspecified atom stereocenters. The fraction of sp³-hybridized carbons (Fsp3) is 0. The standard InChI is InChI=1S/C58H34O2/c1-3-17-43-35(11-1)25-29-51-57(43)49-27-23-39(33-53(49)59-51)37-13-9-15-41(31-37)55-45-19-5-7-21-47(45)56(48-22-8-6-20-46(48)55)42-16-10-14-38(32-42)40-24-28-50-54(34-40)60-52-30-26-36-12-2-4-18-44(36)58(50)52/h1-34H. The molecular weight excluding hydrogens is 729 g/mol. The molecule has 0 amide bonds. The molecule has 2 aromatic heterocycles. The third-order valence-electron chi connectivity index (χ3n) is 12.6. The summed E-state index contributed by atoms with van der Waals surface area (Å²) in [4.78, 5) is 0. The van der Waals surface area contributed by atoms with E-state index in [1.54, 1.807) is 0 Å².